The Morgan fingerprint density at radius 2 is 1.94 bits per heavy atom. The van der Waals surface area contributed by atoms with Crippen molar-refractivity contribution < 1.29 is 4.79 Å². The Bertz CT molecular complexity index is 1320. The molecule has 9 nitrogen and oxygen atoms in total. The summed E-state index contributed by atoms with van der Waals surface area (Å²) in [5, 5.41) is 11.4. The Morgan fingerprint density at radius 1 is 1.12 bits per heavy atom. The van der Waals surface area contributed by atoms with E-state index in [1.165, 1.54) is 0 Å². The number of nitrogens with two attached hydrogens (primary N) is 2. The van der Waals surface area contributed by atoms with Gasteiger partial charge in [-0.1, -0.05) is 17.7 Å². The molecule has 0 radical (unpaired) electrons. The van der Waals surface area contributed by atoms with Crippen LogP contribution in [0.4, 0.5) is 23.3 Å². The number of halogens is 1. The number of benzene rings is 2. The number of nitrogen functional groups attached to an aromatic ring is 2. The number of hydrogen-bond donors (Lipinski definition) is 4. The molecule has 10 heteroatoms. The Labute approximate surface area is 195 Å². The van der Waals surface area contributed by atoms with Gasteiger partial charge in [-0.05, 0) is 49.2 Å². The van der Waals surface area contributed by atoms with Crippen molar-refractivity contribution in [1.82, 2.24) is 20.2 Å². The van der Waals surface area contributed by atoms with Gasteiger partial charge in [0.15, 0.2) is 5.82 Å². The number of H-pyrrole nitrogens is 1. The number of nitrogens with zero attached hydrogens (tertiary/aromatic N) is 4. The molecular formula is C23H23ClN8O. The summed E-state index contributed by atoms with van der Waals surface area (Å²) in [7, 11) is 0. The molecule has 2 aromatic carbocycles. The fourth-order valence-corrected chi connectivity index (χ4v) is 4.27. The van der Waals surface area contributed by atoms with E-state index in [1.54, 1.807) is 24.3 Å². The Morgan fingerprint density at radius 3 is 2.76 bits per heavy atom. The van der Waals surface area contributed by atoms with Crippen LogP contribution in [0.15, 0.2) is 48.5 Å². The van der Waals surface area contributed by atoms with E-state index in [0.29, 0.717) is 28.9 Å². The minimum Gasteiger partial charge on any atom is -0.382 e. The SMILES string of the molecule is Nc1nc(-c2ccc3c(N)n[nH]c3c2)cc(N2CCCC(C(=O)Nc3ccc(Cl)cc3)C2)n1. The topological polar surface area (TPSA) is 139 Å². The second-order valence-electron chi connectivity index (χ2n) is 8.12. The second kappa shape index (κ2) is 8.59. The molecule has 168 valence electrons. The maximum absolute atomic E-state index is 12.9. The van der Waals surface area contributed by atoms with Crippen LogP contribution >= 0.6 is 11.6 Å². The third kappa shape index (κ3) is 4.40. The number of nitrogens with one attached hydrogen (secondary N) is 2. The molecule has 1 saturated heterocycles. The summed E-state index contributed by atoms with van der Waals surface area (Å²) >= 11 is 5.93. The van der Waals surface area contributed by atoms with Gasteiger partial charge in [-0.2, -0.15) is 10.1 Å². The summed E-state index contributed by atoms with van der Waals surface area (Å²) in [6.07, 6.45) is 1.68. The molecule has 1 aliphatic rings. The predicted molar refractivity (Wildman–Crippen MR) is 131 cm³/mol. The number of amides is 1. The summed E-state index contributed by atoms with van der Waals surface area (Å²) in [5.74, 6) is 1.14. The van der Waals surface area contributed by atoms with Gasteiger partial charge in [0.25, 0.3) is 0 Å². The zero-order valence-electron chi connectivity index (χ0n) is 17.8. The van der Waals surface area contributed by atoms with E-state index in [1.807, 2.05) is 24.3 Å². The summed E-state index contributed by atoms with van der Waals surface area (Å²) in [6, 6.07) is 14.8. The van der Waals surface area contributed by atoms with Gasteiger partial charge in [0, 0.05) is 40.8 Å². The van der Waals surface area contributed by atoms with Crippen molar-refractivity contribution in [2.24, 2.45) is 5.92 Å². The van der Waals surface area contributed by atoms with Crippen molar-refractivity contribution in [2.75, 3.05) is 34.8 Å². The molecule has 33 heavy (non-hydrogen) atoms. The van der Waals surface area contributed by atoms with E-state index in [2.05, 4.69) is 30.4 Å². The van der Waals surface area contributed by atoms with Gasteiger partial charge in [0.1, 0.15) is 5.82 Å². The summed E-state index contributed by atoms with van der Waals surface area (Å²) in [4.78, 5) is 23.8. The normalized spacial score (nSPS) is 16.2. The molecule has 4 aromatic rings. The smallest absolute Gasteiger partial charge is 0.229 e. The van der Waals surface area contributed by atoms with Gasteiger partial charge in [0.2, 0.25) is 11.9 Å². The van der Waals surface area contributed by atoms with E-state index in [-0.39, 0.29) is 17.8 Å². The first-order valence-corrected chi connectivity index (χ1v) is 11.0. The van der Waals surface area contributed by atoms with Gasteiger partial charge in [-0.25, -0.2) is 4.98 Å². The number of rotatable bonds is 4. The van der Waals surface area contributed by atoms with Gasteiger partial charge >= 0.3 is 0 Å². The molecule has 0 saturated carbocycles. The van der Waals surface area contributed by atoms with Crippen molar-refractivity contribution in [1.29, 1.82) is 0 Å². The second-order valence-corrected chi connectivity index (χ2v) is 8.56. The fourth-order valence-electron chi connectivity index (χ4n) is 4.14. The van der Waals surface area contributed by atoms with Crippen LogP contribution < -0.4 is 21.7 Å². The quantitative estimate of drug-likeness (QED) is 0.362. The zero-order valence-corrected chi connectivity index (χ0v) is 18.5. The predicted octanol–water partition coefficient (Wildman–Crippen LogP) is 3.69. The highest BCUT2D eigenvalue weighted by Crippen LogP contribution is 2.29. The number of carbonyl (C=O) groups excluding carboxylic acids is 1. The Hall–Kier alpha value is -3.85. The van der Waals surface area contributed by atoms with Crippen LogP contribution in [-0.2, 0) is 4.79 Å². The largest absolute Gasteiger partial charge is 0.382 e. The van der Waals surface area contributed by atoms with Crippen molar-refractivity contribution in [3.8, 4) is 11.3 Å². The zero-order chi connectivity index (χ0) is 22.9. The number of aromatic amines is 1. The molecule has 2 aromatic heterocycles. The Kier molecular flexibility index (Phi) is 5.47. The van der Waals surface area contributed by atoms with E-state index in [9.17, 15) is 4.79 Å². The molecule has 0 aliphatic carbocycles. The lowest BCUT2D eigenvalue weighted by molar-refractivity contribution is -0.120. The van der Waals surface area contributed by atoms with Crippen molar-refractivity contribution >= 4 is 51.7 Å². The number of carbonyl (C=O) groups is 1. The highest BCUT2D eigenvalue weighted by Gasteiger charge is 2.27. The van der Waals surface area contributed by atoms with Crippen LogP contribution in [0.2, 0.25) is 5.02 Å². The number of aromatic nitrogens is 4. The molecular weight excluding hydrogens is 440 g/mol. The molecule has 0 bridgehead atoms. The van der Waals surface area contributed by atoms with Gasteiger partial charge < -0.3 is 21.7 Å². The van der Waals surface area contributed by atoms with Crippen molar-refractivity contribution in [3.63, 3.8) is 0 Å². The third-order valence-electron chi connectivity index (χ3n) is 5.85. The summed E-state index contributed by atoms with van der Waals surface area (Å²) in [6.45, 7) is 1.34. The van der Waals surface area contributed by atoms with Crippen LogP contribution in [0, 0.1) is 5.92 Å². The molecule has 5 rings (SSSR count). The number of anilines is 4. The Balaban J connectivity index is 1.36. The first-order chi connectivity index (χ1) is 16.0. The highest BCUT2D eigenvalue weighted by atomic mass is 35.5. The molecule has 1 atom stereocenters. The number of piperidine rings is 1. The van der Waals surface area contributed by atoms with E-state index < -0.39 is 0 Å². The number of fused-ring (bicyclic) bond motifs is 1. The molecule has 0 spiro atoms. The standard InChI is InChI=1S/C23H23ClN8O/c24-15-4-6-16(7-5-15)27-22(33)14-2-1-9-32(12-14)20-11-18(28-23(26)29-20)13-3-8-17-19(10-13)30-31-21(17)25/h3-8,10-11,14H,1-2,9,12H2,(H,27,33)(H3,25,30,31)(H2,26,28,29). The van der Waals surface area contributed by atoms with Crippen LogP contribution in [0.3, 0.4) is 0 Å². The minimum absolute atomic E-state index is 0.0217. The van der Waals surface area contributed by atoms with E-state index in [0.717, 1.165) is 41.5 Å². The average Bonchev–Trinajstić information content (AvgIpc) is 3.20. The average molecular weight is 463 g/mol. The molecule has 6 N–H and O–H groups in total. The van der Waals surface area contributed by atoms with Gasteiger partial charge in [-0.15, -0.1) is 0 Å². The molecule has 1 aliphatic heterocycles. The van der Waals surface area contributed by atoms with Crippen LogP contribution in [0.5, 0.6) is 0 Å². The maximum atomic E-state index is 12.9. The molecule has 1 fully saturated rings. The lowest BCUT2D eigenvalue weighted by Gasteiger charge is -2.33. The van der Waals surface area contributed by atoms with E-state index in [4.69, 9.17) is 23.1 Å². The molecule has 1 unspecified atom stereocenters. The van der Waals surface area contributed by atoms with Gasteiger partial charge in [-0.3, -0.25) is 9.89 Å². The maximum Gasteiger partial charge on any atom is 0.229 e. The lowest BCUT2D eigenvalue weighted by atomic mass is 9.97. The van der Waals surface area contributed by atoms with Crippen molar-refractivity contribution in [2.45, 2.75) is 12.8 Å². The molecule has 3 heterocycles. The first kappa shape index (κ1) is 21.0. The van der Waals surface area contributed by atoms with E-state index >= 15 is 0 Å². The summed E-state index contributed by atoms with van der Waals surface area (Å²) in [5.41, 5.74) is 15.0. The first-order valence-electron chi connectivity index (χ1n) is 10.7. The highest BCUT2D eigenvalue weighted by molar-refractivity contribution is 6.30. The van der Waals surface area contributed by atoms with Gasteiger partial charge in [0.05, 0.1) is 17.1 Å². The lowest BCUT2D eigenvalue weighted by Crippen LogP contribution is -2.41. The minimum atomic E-state index is -0.168. The summed E-state index contributed by atoms with van der Waals surface area (Å²) < 4.78 is 0. The van der Waals surface area contributed by atoms with Crippen molar-refractivity contribution in [3.05, 3.63) is 53.6 Å². The monoisotopic (exact) mass is 462 g/mol. The fraction of sp³-hybridized carbons (Fsp3) is 0.217. The van der Waals surface area contributed by atoms with Crippen LogP contribution in [0.25, 0.3) is 22.2 Å². The molecule has 1 amide bonds. The number of hydrogen-bond acceptors (Lipinski definition) is 7. The van der Waals surface area contributed by atoms with Crippen LogP contribution in [-0.4, -0.2) is 39.2 Å². The van der Waals surface area contributed by atoms with Crippen LogP contribution in [0.1, 0.15) is 12.8 Å². The third-order valence-corrected chi connectivity index (χ3v) is 6.10.